The number of nitrogens with zero attached hydrogens (tertiary/aromatic N) is 2. The van der Waals surface area contributed by atoms with Crippen molar-refractivity contribution in [3.63, 3.8) is 0 Å². The van der Waals surface area contributed by atoms with Gasteiger partial charge in [-0.2, -0.15) is 5.26 Å². The van der Waals surface area contributed by atoms with Gasteiger partial charge in [-0.15, -0.1) is 0 Å². The molecule has 1 rings (SSSR count). The van der Waals surface area contributed by atoms with Gasteiger partial charge >= 0.3 is 0 Å². The lowest BCUT2D eigenvalue weighted by Crippen LogP contribution is -2.37. The van der Waals surface area contributed by atoms with E-state index in [0.29, 0.717) is 19.5 Å². The Morgan fingerprint density at radius 2 is 2.00 bits per heavy atom. The van der Waals surface area contributed by atoms with E-state index in [4.69, 9.17) is 4.74 Å². The van der Waals surface area contributed by atoms with Crippen molar-refractivity contribution in [3.8, 4) is 11.8 Å². The topological polar surface area (TPSA) is 53.3 Å². The lowest BCUT2D eigenvalue weighted by atomic mass is 9.99. The number of carbonyl (C=O) groups is 1. The van der Waals surface area contributed by atoms with Crippen LogP contribution in [0.15, 0.2) is 24.3 Å². The fourth-order valence-electron chi connectivity index (χ4n) is 2.32. The molecule has 1 aromatic rings. The van der Waals surface area contributed by atoms with Crippen LogP contribution in [-0.4, -0.2) is 31.0 Å². The van der Waals surface area contributed by atoms with Gasteiger partial charge in [0.1, 0.15) is 11.7 Å². The Morgan fingerprint density at radius 1 is 1.33 bits per heavy atom. The van der Waals surface area contributed by atoms with Crippen molar-refractivity contribution in [1.29, 1.82) is 5.26 Å². The molecule has 0 aliphatic carbocycles. The maximum atomic E-state index is 12.5. The summed E-state index contributed by atoms with van der Waals surface area (Å²) in [6.07, 6.45) is 2.24. The van der Waals surface area contributed by atoms with Gasteiger partial charge in [0.25, 0.3) is 0 Å². The van der Waals surface area contributed by atoms with Crippen molar-refractivity contribution < 1.29 is 9.53 Å². The number of hydrogen-bond donors (Lipinski definition) is 0. The van der Waals surface area contributed by atoms with E-state index in [1.165, 1.54) is 0 Å². The standard InChI is InChI=1S/C17H24N2O2/c1-4-9-19(10-5-2)17(20)15(13-18)11-14-7-6-8-16(12-14)21-3/h6-8,12,15H,4-5,9-11H2,1-3H3. The summed E-state index contributed by atoms with van der Waals surface area (Å²) in [4.78, 5) is 14.3. The third-order valence-corrected chi connectivity index (χ3v) is 3.33. The molecule has 0 aliphatic heterocycles. The summed E-state index contributed by atoms with van der Waals surface area (Å²) in [6, 6.07) is 9.68. The van der Waals surface area contributed by atoms with Crippen molar-refractivity contribution in [2.75, 3.05) is 20.2 Å². The molecule has 0 spiro atoms. The second-order valence-electron chi connectivity index (χ2n) is 5.06. The molecule has 0 fully saturated rings. The fraction of sp³-hybridized carbons (Fsp3) is 0.529. The largest absolute Gasteiger partial charge is 0.497 e. The van der Waals surface area contributed by atoms with Crippen LogP contribution in [-0.2, 0) is 11.2 Å². The molecule has 1 atom stereocenters. The summed E-state index contributed by atoms with van der Waals surface area (Å²) in [7, 11) is 1.61. The van der Waals surface area contributed by atoms with Crippen molar-refractivity contribution in [1.82, 2.24) is 4.90 Å². The van der Waals surface area contributed by atoms with E-state index in [0.717, 1.165) is 24.2 Å². The van der Waals surface area contributed by atoms with Gasteiger partial charge in [0, 0.05) is 13.1 Å². The number of methoxy groups -OCH3 is 1. The summed E-state index contributed by atoms with van der Waals surface area (Å²) in [5.41, 5.74) is 0.946. The minimum absolute atomic E-state index is 0.0657. The molecule has 1 unspecified atom stereocenters. The van der Waals surface area contributed by atoms with Gasteiger partial charge < -0.3 is 9.64 Å². The maximum Gasteiger partial charge on any atom is 0.240 e. The normalized spacial score (nSPS) is 11.5. The molecule has 1 aromatic carbocycles. The number of benzene rings is 1. The number of nitriles is 1. The fourth-order valence-corrected chi connectivity index (χ4v) is 2.32. The first-order valence-electron chi connectivity index (χ1n) is 7.47. The molecule has 0 saturated heterocycles. The molecule has 4 heteroatoms. The average Bonchev–Trinajstić information content (AvgIpc) is 2.52. The molecule has 0 heterocycles. The van der Waals surface area contributed by atoms with Gasteiger partial charge in [0.15, 0.2) is 0 Å². The highest BCUT2D eigenvalue weighted by Gasteiger charge is 2.23. The Bertz CT molecular complexity index is 488. The number of amides is 1. The number of ether oxygens (including phenoxy) is 1. The summed E-state index contributed by atoms with van der Waals surface area (Å²) in [6.45, 7) is 5.50. The van der Waals surface area contributed by atoms with Crippen molar-refractivity contribution in [2.45, 2.75) is 33.1 Å². The van der Waals surface area contributed by atoms with Crippen LogP contribution >= 0.6 is 0 Å². The van der Waals surface area contributed by atoms with Crippen LogP contribution in [0, 0.1) is 17.2 Å². The molecule has 0 radical (unpaired) electrons. The van der Waals surface area contributed by atoms with Gasteiger partial charge in [-0.1, -0.05) is 26.0 Å². The zero-order chi connectivity index (χ0) is 15.7. The maximum absolute atomic E-state index is 12.5. The molecule has 0 aromatic heterocycles. The second-order valence-corrected chi connectivity index (χ2v) is 5.06. The molecule has 4 nitrogen and oxygen atoms in total. The Hall–Kier alpha value is -2.02. The lowest BCUT2D eigenvalue weighted by molar-refractivity contribution is -0.133. The van der Waals surface area contributed by atoms with Crippen LogP contribution in [0.3, 0.4) is 0 Å². The van der Waals surface area contributed by atoms with E-state index in [2.05, 4.69) is 6.07 Å². The van der Waals surface area contributed by atoms with Crippen LogP contribution in [0.5, 0.6) is 5.75 Å². The van der Waals surface area contributed by atoms with Crippen LogP contribution < -0.4 is 4.74 Å². The van der Waals surface area contributed by atoms with Gasteiger partial charge in [0.2, 0.25) is 5.91 Å². The number of rotatable bonds is 8. The first kappa shape index (κ1) is 17.0. The summed E-state index contributed by atoms with van der Waals surface area (Å²) < 4.78 is 5.18. The van der Waals surface area contributed by atoms with E-state index in [1.807, 2.05) is 38.1 Å². The highest BCUT2D eigenvalue weighted by Crippen LogP contribution is 2.17. The Balaban J connectivity index is 2.81. The van der Waals surface area contributed by atoms with Crippen molar-refractivity contribution in [2.24, 2.45) is 5.92 Å². The third kappa shape index (κ3) is 5.11. The zero-order valence-electron chi connectivity index (χ0n) is 13.1. The lowest BCUT2D eigenvalue weighted by Gasteiger charge is -2.24. The SMILES string of the molecule is CCCN(CCC)C(=O)C(C#N)Cc1cccc(OC)c1. The van der Waals surface area contributed by atoms with E-state index in [-0.39, 0.29) is 5.91 Å². The van der Waals surface area contributed by atoms with Gasteiger partial charge in [0.05, 0.1) is 13.2 Å². The van der Waals surface area contributed by atoms with E-state index < -0.39 is 5.92 Å². The van der Waals surface area contributed by atoms with Crippen LogP contribution in [0.1, 0.15) is 32.3 Å². The number of carbonyl (C=O) groups excluding carboxylic acids is 1. The van der Waals surface area contributed by atoms with Crippen molar-refractivity contribution >= 4 is 5.91 Å². The Kier molecular flexibility index (Phi) is 7.31. The van der Waals surface area contributed by atoms with Gasteiger partial charge in [-0.25, -0.2) is 0 Å². The third-order valence-electron chi connectivity index (χ3n) is 3.33. The van der Waals surface area contributed by atoms with Gasteiger partial charge in [-0.05, 0) is 37.0 Å². The molecule has 1 amide bonds. The minimum Gasteiger partial charge on any atom is -0.497 e. The van der Waals surface area contributed by atoms with E-state index in [1.54, 1.807) is 12.0 Å². The first-order chi connectivity index (χ1) is 10.2. The van der Waals surface area contributed by atoms with Crippen LogP contribution in [0.25, 0.3) is 0 Å². The quantitative estimate of drug-likeness (QED) is 0.739. The highest BCUT2D eigenvalue weighted by atomic mass is 16.5. The summed E-state index contributed by atoms with van der Waals surface area (Å²) in [5.74, 6) is 0.0508. The molecule has 0 saturated carbocycles. The Morgan fingerprint density at radius 3 is 2.52 bits per heavy atom. The van der Waals surface area contributed by atoms with Crippen LogP contribution in [0.2, 0.25) is 0 Å². The number of hydrogen-bond acceptors (Lipinski definition) is 3. The molecule has 114 valence electrons. The molecule has 0 bridgehead atoms. The average molecular weight is 288 g/mol. The molecule has 0 aliphatic rings. The second kappa shape index (κ2) is 9.02. The Labute approximate surface area is 127 Å². The molecule has 0 N–H and O–H groups in total. The summed E-state index contributed by atoms with van der Waals surface area (Å²) >= 11 is 0. The molecule has 21 heavy (non-hydrogen) atoms. The molecular formula is C17H24N2O2. The smallest absolute Gasteiger partial charge is 0.240 e. The predicted molar refractivity (Wildman–Crippen MR) is 83.0 cm³/mol. The van der Waals surface area contributed by atoms with Crippen LogP contribution in [0.4, 0.5) is 0 Å². The first-order valence-corrected chi connectivity index (χ1v) is 7.47. The summed E-state index contributed by atoms with van der Waals surface area (Å²) in [5, 5.41) is 9.34. The molecular weight excluding hydrogens is 264 g/mol. The van der Waals surface area contributed by atoms with E-state index in [9.17, 15) is 10.1 Å². The highest BCUT2D eigenvalue weighted by molar-refractivity contribution is 5.81. The minimum atomic E-state index is -0.629. The predicted octanol–water partition coefficient (Wildman–Crippen LogP) is 3.03. The van der Waals surface area contributed by atoms with Crippen molar-refractivity contribution in [3.05, 3.63) is 29.8 Å². The van der Waals surface area contributed by atoms with Gasteiger partial charge in [-0.3, -0.25) is 4.79 Å². The van der Waals surface area contributed by atoms with E-state index >= 15 is 0 Å². The monoisotopic (exact) mass is 288 g/mol. The zero-order valence-corrected chi connectivity index (χ0v) is 13.1.